The molecule has 1 rings (SSSR count). The van der Waals surface area contributed by atoms with Crippen molar-refractivity contribution < 1.29 is 9.53 Å². The van der Waals surface area contributed by atoms with Crippen LogP contribution in [0.4, 0.5) is 0 Å². The second kappa shape index (κ2) is 8.02. The number of carbonyl (C=O) groups excluding carboxylic acids is 1. The fourth-order valence-electron chi connectivity index (χ4n) is 2.25. The lowest BCUT2D eigenvalue weighted by Gasteiger charge is -2.31. The zero-order valence-electron chi connectivity index (χ0n) is 11.7. The van der Waals surface area contributed by atoms with Gasteiger partial charge in [-0.05, 0) is 24.5 Å². The molecule has 1 aliphatic rings. The van der Waals surface area contributed by atoms with E-state index in [1.54, 1.807) is 7.11 Å². The Bertz CT molecular complexity index is 255. The van der Waals surface area contributed by atoms with Gasteiger partial charge in [0.2, 0.25) is 5.91 Å². The molecule has 0 aromatic carbocycles. The molecule has 1 amide bonds. The number of thioether (sulfide) groups is 1. The normalized spacial score (nSPS) is 21.3. The highest BCUT2D eigenvalue weighted by Crippen LogP contribution is 2.23. The number of ether oxygens (including phenoxy) is 1. The number of carbonyl (C=O) groups is 1. The van der Waals surface area contributed by atoms with Gasteiger partial charge in [0.1, 0.15) is 0 Å². The second-order valence-corrected chi connectivity index (χ2v) is 6.43. The van der Waals surface area contributed by atoms with Crippen molar-refractivity contribution in [3.8, 4) is 0 Å². The predicted molar refractivity (Wildman–Crippen MR) is 76.7 cm³/mol. The summed E-state index contributed by atoms with van der Waals surface area (Å²) in [6.45, 7) is 5.43. The summed E-state index contributed by atoms with van der Waals surface area (Å²) in [6.07, 6.45) is 1.83. The van der Waals surface area contributed by atoms with Gasteiger partial charge >= 0.3 is 0 Å². The van der Waals surface area contributed by atoms with Crippen molar-refractivity contribution in [3.63, 3.8) is 0 Å². The van der Waals surface area contributed by atoms with Crippen LogP contribution in [0.1, 0.15) is 26.7 Å². The molecule has 0 bridgehead atoms. The monoisotopic (exact) mass is 274 g/mol. The van der Waals surface area contributed by atoms with Crippen LogP contribution in [-0.2, 0) is 9.53 Å². The van der Waals surface area contributed by atoms with E-state index in [9.17, 15) is 4.79 Å². The average Bonchev–Trinajstić information content (AvgIpc) is 2.82. The highest BCUT2D eigenvalue weighted by atomic mass is 32.2. The van der Waals surface area contributed by atoms with Crippen LogP contribution in [0.25, 0.3) is 0 Å². The highest BCUT2D eigenvalue weighted by Gasteiger charge is 2.29. The molecule has 2 atom stereocenters. The zero-order chi connectivity index (χ0) is 13.5. The lowest BCUT2D eigenvalue weighted by atomic mass is 10.0. The van der Waals surface area contributed by atoms with Crippen LogP contribution in [0.5, 0.6) is 0 Å². The molecule has 2 N–H and O–H groups in total. The fourth-order valence-corrected chi connectivity index (χ4v) is 3.48. The summed E-state index contributed by atoms with van der Waals surface area (Å²) in [7, 11) is 1.67. The average molecular weight is 274 g/mol. The Kier molecular flexibility index (Phi) is 7.04. The summed E-state index contributed by atoms with van der Waals surface area (Å²) < 4.78 is 5.10. The summed E-state index contributed by atoms with van der Waals surface area (Å²) >= 11 is 1.91. The maximum atomic E-state index is 12.4. The van der Waals surface area contributed by atoms with Crippen LogP contribution in [-0.4, -0.2) is 54.7 Å². The van der Waals surface area contributed by atoms with E-state index < -0.39 is 0 Å². The van der Waals surface area contributed by atoms with Gasteiger partial charge in [-0.2, -0.15) is 11.8 Å². The van der Waals surface area contributed by atoms with E-state index in [4.69, 9.17) is 10.5 Å². The first-order valence-electron chi connectivity index (χ1n) is 6.69. The predicted octanol–water partition coefficient (Wildman–Crippen LogP) is 1.34. The number of nitrogens with two attached hydrogens (primary N) is 1. The highest BCUT2D eigenvalue weighted by molar-refractivity contribution is 7.99. The Labute approximate surface area is 115 Å². The lowest BCUT2D eigenvalue weighted by molar-refractivity contribution is -0.135. The van der Waals surface area contributed by atoms with E-state index in [2.05, 4.69) is 13.8 Å². The minimum absolute atomic E-state index is 0.0910. The van der Waals surface area contributed by atoms with Crippen molar-refractivity contribution in [2.24, 2.45) is 11.7 Å². The van der Waals surface area contributed by atoms with Gasteiger partial charge in [-0.1, -0.05) is 13.8 Å². The topological polar surface area (TPSA) is 55.6 Å². The lowest BCUT2D eigenvalue weighted by Crippen LogP contribution is -2.50. The Morgan fingerprint density at radius 1 is 1.56 bits per heavy atom. The van der Waals surface area contributed by atoms with Gasteiger partial charge < -0.3 is 15.4 Å². The molecular formula is C13H26N2O2S. The third-order valence-electron chi connectivity index (χ3n) is 3.21. The van der Waals surface area contributed by atoms with Gasteiger partial charge in [-0.3, -0.25) is 4.79 Å². The van der Waals surface area contributed by atoms with E-state index >= 15 is 0 Å². The van der Waals surface area contributed by atoms with Crippen LogP contribution >= 0.6 is 11.8 Å². The number of hydrogen-bond donors (Lipinski definition) is 1. The van der Waals surface area contributed by atoms with Crippen LogP contribution in [0.2, 0.25) is 0 Å². The smallest absolute Gasteiger partial charge is 0.239 e. The SMILES string of the molecule is COCCN(C(=O)[C@@H](N)CC(C)C)C1CCSC1. The number of hydrogen-bond acceptors (Lipinski definition) is 4. The summed E-state index contributed by atoms with van der Waals surface area (Å²) in [5.41, 5.74) is 6.02. The molecule has 0 radical (unpaired) electrons. The van der Waals surface area contributed by atoms with Crippen LogP contribution in [0.3, 0.4) is 0 Å². The van der Waals surface area contributed by atoms with Crippen molar-refractivity contribution >= 4 is 17.7 Å². The van der Waals surface area contributed by atoms with E-state index in [0.717, 1.165) is 24.3 Å². The summed E-state index contributed by atoms with van der Waals surface area (Å²) in [4.78, 5) is 14.3. The second-order valence-electron chi connectivity index (χ2n) is 5.28. The Morgan fingerprint density at radius 3 is 2.78 bits per heavy atom. The third kappa shape index (κ3) is 4.78. The van der Waals surface area contributed by atoms with Crippen molar-refractivity contribution in [1.29, 1.82) is 0 Å². The third-order valence-corrected chi connectivity index (χ3v) is 4.35. The molecule has 4 nitrogen and oxygen atoms in total. The van der Waals surface area contributed by atoms with Gasteiger partial charge in [0, 0.05) is 25.4 Å². The number of nitrogens with zero attached hydrogens (tertiary/aromatic N) is 1. The van der Waals surface area contributed by atoms with E-state index in [1.807, 2.05) is 16.7 Å². The first kappa shape index (κ1) is 15.8. The Balaban J connectivity index is 2.59. The van der Waals surface area contributed by atoms with Gasteiger partial charge in [0.25, 0.3) is 0 Å². The van der Waals surface area contributed by atoms with Gasteiger partial charge in [0.05, 0.1) is 12.6 Å². The van der Waals surface area contributed by atoms with E-state index in [1.165, 1.54) is 0 Å². The quantitative estimate of drug-likeness (QED) is 0.761. The molecule has 5 heteroatoms. The molecule has 18 heavy (non-hydrogen) atoms. The summed E-state index contributed by atoms with van der Waals surface area (Å²) in [5.74, 6) is 2.71. The molecule has 1 aliphatic heterocycles. The molecule has 1 unspecified atom stereocenters. The van der Waals surface area contributed by atoms with Gasteiger partial charge in [-0.15, -0.1) is 0 Å². The Hall–Kier alpha value is -0.260. The fraction of sp³-hybridized carbons (Fsp3) is 0.923. The maximum absolute atomic E-state index is 12.4. The number of amides is 1. The first-order valence-corrected chi connectivity index (χ1v) is 7.84. The van der Waals surface area contributed by atoms with Crippen molar-refractivity contribution in [2.45, 2.75) is 38.8 Å². The van der Waals surface area contributed by atoms with E-state index in [-0.39, 0.29) is 11.9 Å². The van der Waals surface area contributed by atoms with Gasteiger partial charge in [0.15, 0.2) is 0 Å². The summed E-state index contributed by atoms with van der Waals surface area (Å²) in [5, 5.41) is 0. The molecule has 1 saturated heterocycles. The largest absolute Gasteiger partial charge is 0.383 e. The van der Waals surface area contributed by atoms with Crippen LogP contribution < -0.4 is 5.73 Å². The number of methoxy groups -OCH3 is 1. The maximum Gasteiger partial charge on any atom is 0.239 e. The molecule has 0 aliphatic carbocycles. The molecular weight excluding hydrogens is 248 g/mol. The standard InChI is InChI=1S/C13H26N2O2S/c1-10(2)8-12(14)13(16)15(5-6-17-3)11-4-7-18-9-11/h10-12H,4-9,14H2,1-3H3/t11?,12-/m0/s1. The van der Waals surface area contributed by atoms with Gasteiger partial charge in [-0.25, -0.2) is 0 Å². The summed E-state index contributed by atoms with van der Waals surface area (Å²) in [6, 6.07) is -0.0247. The zero-order valence-corrected chi connectivity index (χ0v) is 12.5. The first-order chi connectivity index (χ1) is 8.56. The molecule has 0 saturated carbocycles. The molecule has 0 aromatic heterocycles. The Morgan fingerprint density at radius 2 is 2.28 bits per heavy atom. The van der Waals surface area contributed by atoms with Crippen LogP contribution in [0, 0.1) is 5.92 Å². The van der Waals surface area contributed by atoms with Crippen molar-refractivity contribution in [1.82, 2.24) is 4.90 Å². The van der Waals surface area contributed by atoms with Crippen molar-refractivity contribution in [2.75, 3.05) is 31.8 Å². The van der Waals surface area contributed by atoms with E-state index in [0.29, 0.717) is 25.1 Å². The molecule has 1 heterocycles. The molecule has 0 spiro atoms. The molecule has 0 aromatic rings. The van der Waals surface area contributed by atoms with Crippen molar-refractivity contribution in [3.05, 3.63) is 0 Å². The molecule has 106 valence electrons. The molecule has 1 fully saturated rings. The van der Waals surface area contributed by atoms with Crippen LogP contribution in [0.15, 0.2) is 0 Å². The minimum atomic E-state index is -0.368. The minimum Gasteiger partial charge on any atom is -0.383 e. The number of rotatable bonds is 7.